The van der Waals surface area contributed by atoms with Gasteiger partial charge in [0.15, 0.2) is 0 Å². The number of rotatable bonds is 5. The number of amides is 1. The van der Waals surface area contributed by atoms with E-state index in [-0.39, 0.29) is 11.8 Å². The number of piperidine rings is 1. The molecule has 1 atom stereocenters. The molecule has 0 unspecified atom stereocenters. The molecule has 0 spiro atoms. The van der Waals surface area contributed by atoms with Gasteiger partial charge < -0.3 is 10.2 Å². The molecule has 6 nitrogen and oxygen atoms in total. The van der Waals surface area contributed by atoms with Crippen LogP contribution in [-0.4, -0.2) is 45.1 Å². The zero-order valence-corrected chi connectivity index (χ0v) is 15.2. The molecular weight excluding hydrogens is 314 g/mol. The summed E-state index contributed by atoms with van der Waals surface area (Å²) in [7, 11) is 0. The number of nitrogens with zero attached hydrogens (tertiary/aromatic N) is 3. The molecule has 0 aliphatic carbocycles. The third kappa shape index (κ3) is 4.18. The van der Waals surface area contributed by atoms with Gasteiger partial charge in [-0.25, -0.2) is 0 Å². The minimum Gasteiger partial charge on any atom is -0.381 e. The van der Waals surface area contributed by atoms with Crippen molar-refractivity contribution in [3.63, 3.8) is 0 Å². The van der Waals surface area contributed by atoms with E-state index in [1.54, 1.807) is 6.20 Å². The van der Waals surface area contributed by atoms with Gasteiger partial charge in [-0.1, -0.05) is 6.92 Å². The number of carbonyl (C=O) groups excluding carboxylic acids is 1. The third-order valence-corrected chi connectivity index (χ3v) is 5.04. The SMILES string of the molecule is Cc1n[nH]c(C)c1[C@@H](C)CC(=O)N1CCC(Nc2cccnc2)CC1. The number of pyridine rings is 1. The van der Waals surface area contributed by atoms with E-state index in [0.29, 0.717) is 12.5 Å². The van der Waals surface area contributed by atoms with Crippen LogP contribution >= 0.6 is 0 Å². The third-order valence-electron chi connectivity index (χ3n) is 5.04. The Balaban J connectivity index is 1.50. The number of carbonyl (C=O) groups is 1. The molecule has 2 aromatic heterocycles. The number of nitrogens with one attached hydrogen (secondary N) is 2. The van der Waals surface area contributed by atoms with Crippen LogP contribution in [0.15, 0.2) is 24.5 Å². The topological polar surface area (TPSA) is 73.9 Å². The van der Waals surface area contributed by atoms with Gasteiger partial charge in [0.2, 0.25) is 5.91 Å². The van der Waals surface area contributed by atoms with Crippen LogP contribution in [0.1, 0.15) is 49.1 Å². The van der Waals surface area contributed by atoms with Crippen molar-refractivity contribution in [3.8, 4) is 0 Å². The minimum atomic E-state index is 0.192. The van der Waals surface area contributed by atoms with E-state index in [1.807, 2.05) is 37.1 Å². The molecule has 134 valence electrons. The number of aromatic amines is 1. The lowest BCUT2D eigenvalue weighted by atomic mass is 9.94. The summed E-state index contributed by atoms with van der Waals surface area (Å²) in [5, 5.41) is 10.8. The van der Waals surface area contributed by atoms with E-state index in [0.717, 1.165) is 43.0 Å². The van der Waals surface area contributed by atoms with Crippen LogP contribution in [0.5, 0.6) is 0 Å². The van der Waals surface area contributed by atoms with Crippen molar-refractivity contribution in [2.75, 3.05) is 18.4 Å². The molecule has 2 aromatic rings. The molecule has 1 fully saturated rings. The number of aryl methyl sites for hydroxylation is 2. The molecule has 3 rings (SSSR count). The van der Waals surface area contributed by atoms with E-state index in [1.165, 1.54) is 5.56 Å². The van der Waals surface area contributed by atoms with Crippen LogP contribution in [-0.2, 0) is 4.79 Å². The zero-order valence-electron chi connectivity index (χ0n) is 15.2. The van der Waals surface area contributed by atoms with Crippen LogP contribution in [0, 0.1) is 13.8 Å². The van der Waals surface area contributed by atoms with Crippen LogP contribution in [0.4, 0.5) is 5.69 Å². The van der Waals surface area contributed by atoms with Crippen molar-refractivity contribution in [1.82, 2.24) is 20.1 Å². The highest BCUT2D eigenvalue weighted by Gasteiger charge is 2.25. The average Bonchev–Trinajstić information content (AvgIpc) is 2.95. The second-order valence-electron chi connectivity index (χ2n) is 6.99. The Morgan fingerprint density at radius 2 is 2.16 bits per heavy atom. The van der Waals surface area contributed by atoms with Gasteiger partial charge in [0.25, 0.3) is 0 Å². The highest BCUT2D eigenvalue weighted by Crippen LogP contribution is 2.26. The summed E-state index contributed by atoms with van der Waals surface area (Å²) in [6.45, 7) is 7.75. The maximum atomic E-state index is 12.7. The smallest absolute Gasteiger partial charge is 0.223 e. The van der Waals surface area contributed by atoms with Gasteiger partial charge in [0.05, 0.1) is 11.4 Å². The molecule has 1 aliphatic rings. The second kappa shape index (κ2) is 7.68. The fraction of sp³-hybridized carbons (Fsp3) is 0.526. The summed E-state index contributed by atoms with van der Waals surface area (Å²) in [4.78, 5) is 18.8. The van der Waals surface area contributed by atoms with E-state index in [9.17, 15) is 4.79 Å². The van der Waals surface area contributed by atoms with E-state index in [4.69, 9.17) is 0 Å². The summed E-state index contributed by atoms with van der Waals surface area (Å²) < 4.78 is 0. The van der Waals surface area contributed by atoms with Crippen molar-refractivity contribution in [3.05, 3.63) is 41.5 Å². The maximum absolute atomic E-state index is 12.7. The van der Waals surface area contributed by atoms with Gasteiger partial charge in [-0.3, -0.25) is 14.9 Å². The molecule has 2 N–H and O–H groups in total. The normalized spacial score (nSPS) is 16.7. The Kier molecular flexibility index (Phi) is 5.36. The standard InChI is InChI=1S/C19H27N5O/c1-13(19-14(2)22-23-15(19)3)11-18(25)24-9-6-16(7-10-24)21-17-5-4-8-20-12-17/h4-5,8,12-13,16,21H,6-7,9-11H2,1-3H3,(H,22,23)/t13-/m0/s1. The first-order valence-corrected chi connectivity index (χ1v) is 9.00. The molecule has 6 heteroatoms. The van der Waals surface area contributed by atoms with Crippen molar-refractivity contribution < 1.29 is 4.79 Å². The number of likely N-dealkylation sites (tertiary alicyclic amines) is 1. The van der Waals surface area contributed by atoms with E-state index < -0.39 is 0 Å². The lowest BCUT2D eigenvalue weighted by molar-refractivity contribution is -0.132. The highest BCUT2D eigenvalue weighted by atomic mass is 16.2. The largest absolute Gasteiger partial charge is 0.381 e. The predicted octanol–water partition coefficient (Wildman–Crippen LogP) is 3.02. The van der Waals surface area contributed by atoms with Gasteiger partial charge in [-0.2, -0.15) is 5.10 Å². The van der Waals surface area contributed by atoms with Crippen LogP contribution in [0.2, 0.25) is 0 Å². The van der Waals surface area contributed by atoms with Gasteiger partial charge >= 0.3 is 0 Å². The van der Waals surface area contributed by atoms with Gasteiger partial charge in [0, 0.05) is 43.6 Å². The lowest BCUT2D eigenvalue weighted by Gasteiger charge is -2.33. The van der Waals surface area contributed by atoms with E-state index in [2.05, 4.69) is 27.4 Å². The fourth-order valence-electron chi connectivity index (χ4n) is 3.74. The minimum absolute atomic E-state index is 0.192. The quantitative estimate of drug-likeness (QED) is 0.877. The Labute approximate surface area is 149 Å². The molecule has 1 saturated heterocycles. The van der Waals surface area contributed by atoms with Crippen molar-refractivity contribution in [1.29, 1.82) is 0 Å². The Bertz CT molecular complexity index is 684. The van der Waals surface area contributed by atoms with Gasteiger partial charge in [-0.15, -0.1) is 0 Å². The molecule has 0 saturated carbocycles. The number of aromatic nitrogens is 3. The van der Waals surface area contributed by atoms with Gasteiger partial charge in [0.1, 0.15) is 0 Å². The number of hydrogen-bond donors (Lipinski definition) is 2. The highest BCUT2D eigenvalue weighted by molar-refractivity contribution is 5.77. The molecular formula is C19H27N5O. The average molecular weight is 341 g/mol. The Morgan fingerprint density at radius 1 is 1.40 bits per heavy atom. The zero-order chi connectivity index (χ0) is 17.8. The van der Waals surface area contributed by atoms with E-state index >= 15 is 0 Å². The van der Waals surface area contributed by atoms with Crippen molar-refractivity contribution >= 4 is 11.6 Å². The number of hydrogen-bond acceptors (Lipinski definition) is 4. The maximum Gasteiger partial charge on any atom is 0.223 e. The van der Waals surface area contributed by atoms with Gasteiger partial charge in [-0.05, 0) is 50.3 Å². The molecule has 1 amide bonds. The fourth-order valence-corrected chi connectivity index (χ4v) is 3.74. The van der Waals surface area contributed by atoms with Crippen LogP contribution < -0.4 is 5.32 Å². The summed E-state index contributed by atoms with van der Waals surface area (Å²) in [6.07, 6.45) is 6.10. The Hall–Kier alpha value is -2.37. The first-order valence-electron chi connectivity index (χ1n) is 9.00. The molecule has 0 aromatic carbocycles. The molecule has 3 heterocycles. The summed E-state index contributed by atoms with van der Waals surface area (Å²) in [6, 6.07) is 4.37. The first kappa shape index (κ1) is 17.5. The van der Waals surface area contributed by atoms with Crippen molar-refractivity contribution in [2.45, 2.75) is 52.0 Å². The van der Waals surface area contributed by atoms with Crippen molar-refractivity contribution in [2.24, 2.45) is 0 Å². The molecule has 25 heavy (non-hydrogen) atoms. The monoisotopic (exact) mass is 341 g/mol. The summed E-state index contributed by atoms with van der Waals surface area (Å²) in [5.41, 5.74) is 4.29. The molecule has 1 aliphatic heterocycles. The summed E-state index contributed by atoms with van der Waals surface area (Å²) in [5.74, 6) is 0.435. The molecule has 0 bridgehead atoms. The predicted molar refractivity (Wildman–Crippen MR) is 98.6 cm³/mol. The first-order chi connectivity index (χ1) is 12.0. The van der Waals surface area contributed by atoms with Crippen LogP contribution in [0.3, 0.4) is 0 Å². The molecule has 0 radical (unpaired) electrons. The Morgan fingerprint density at radius 3 is 2.76 bits per heavy atom. The number of H-pyrrole nitrogens is 1. The second-order valence-corrected chi connectivity index (χ2v) is 6.99. The van der Waals surface area contributed by atoms with Crippen LogP contribution in [0.25, 0.3) is 0 Å². The summed E-state index contributed by atoms with van der Waals surface area (Å²) >= 11 is 0. The number of anilines is 1. The lowest BCUT2D eigenvalue weighted by Crippen LogP contribution is -2.42.